The fourth-order valence-electron chi connectivity index (χ4n) is 3.94. The third kappa shape index (κ3) is 4.05. The third-order valence-corrected chi connectivity index (χ3v) is 5.69. The lowest BCUT2D eigenvalue weighted by atomic mass is 9.89. The van der Waals surface area contributed by atoms with Crippen molar-refractivity contribution in [1.29, 1.82) is 0 Å². The maximum Gasteiger partial charge on any atom is 0.508 e. The molecule has 5 N–H and O–H groups in total. The van der Waals surface area contributed by atoms with Gasteiger partial charge in [0.2, 0.25) is 5.43 Å². The molecule has 1 aliphatic heterocycles. The Bertz CT molecular complexity index is 1250. The van der Waals surface area contributed by atoms with Crippen molar-refractivity contribution in [1.82, 2.24) is 0 Å². The monoisotopic (exact) mass is 474 g/mol. The molecule has 1 aliphatic rings. The van der Waals surface area contributed by atoms with E-state index in [1.54, 1.807) is 0 Å². The Kier molecular flexibility index (Phi) is 6.44. The van der Waals surface area contributed by atoms with Crippen LogP contribution in [0.25, 0.3) is 22.1 Å². The van der Waals surface area contributed by atoms with Gasteiger partial charge in [-0.15, -0.1) is 0 Å². The largest absolute Gasteiger partial charge is 0.508 e. The van der Waals surface area contributed by atoms with Crippen molar-refractivity contribution >= 4 is 17.1 Å². The topological polar surface area (TPSA) is 176 Å². The standard InChI is InChI=1S/C23H22O11/c1-31-23(30)34-22-19(29)18(28)15(8-24)33-21(22)16-14(26)7-6-12-17(27)13(9-32-20(12)16)10-2-4-11(25)5-3-10/h2-7,9,15,18-19,21-22,24-26,28-29H,8H2,1H3/t15-,18-,19+,21+,22-/m1/s1. The van der Waals surface area contributed by atoms with Gasteiger partial charge in [0.05, 0.1) is 30.2 Å². The molecule has 34 heavy (non-hydrogen) atoms. The fourth-order valence-corrected chi connectivity index (χ4v) is 3.94. The highest BCUT2D eigenvalue weighted by Gasteiger charge is 2.49. The Balaban J connectivity index is 1.88. The molecule has 0 radical (unpaired) electrons. The molecule has 3 aromatic rings. The van der Waals surface area contributed by atoms with E-state index >= 15 is 0 Å². The molecular weight excluding hydrogens is 452 g/mol. The van der Waals surface area contributed by atoms with Crippen LogP contribution in [0.2, 0.25) is 0 Å². The number of aliphatic hydroxyl groups is 3. The minimum atomic E-state index is -1.73. The maximum atomic E-state index is 13.2. The van der Waals surface area contributed by atoms with E-state index in [0.717, 1.165) is 13.4 Å². The Morgan fingerprint density at radius 2 is 1.76 bits per heavy atom. The van der Waals surface area contributed by atoms with Gasteiger partial charge in [-0.3, -0.25) is 4.79 Å². The van der Waals surface area contributed by atoms with Crippen molar-refractivity contribution in [3.63, 3.8) is 0 Å². The smallest absolute Gasteiger partial charge is 0.508 e. The van der Waals surface area contributed by atoms with Gasteiger partial charge >= 0.3 is 6.16 Å². The van der Waals surface area contributed by atoms with Crippen molar-refractivity contribution in [3.05, 3.63) is 58.4 Å². The number of hydrogen-bond donors (Lipinski definition) is 5. The fraction of sp³-hybridized carbons (Fsp3) is 0.304. The van der Waals surface area contributed by atoms with E-state index in [-0.39, 0.29) is 27.8 Å². The lowest BCUT2D eigenvalue weighted by Crippen LogP contribution is -2.56. The van der Waals surface area contributed by atoms with Gasteiger partial charge in [0.25, 0.3) is 0 Å². The van der Waals surface area contributed by atoms with Gasteiger partial charge in [0.1, 0.15) is 47.8 Å². The van der Waals surface area contributed by atoms with Crippen LogP contribution in [-0.2, 0) is 14.2 Å². The number of hydrogen-bond acceptors (Lipinski definition) is 11. The van der Waals surface area contributed by atoms with E-state index in [9.17, 15) is 35.1 Å². The highest BCUT2D eigenvalue weighted by atomic mass is 16.7. The average Bonchev–Trinajstić information content (AvgIpc) is 2.83. The predicted molar refractivity (Wildman–Crippen MR) is 115 cm³/mol. The van der Waals surface area contributed by atoms with Gasteiger partial charge in [-0.1, -0.05) is 12.1 Å². The molecule has 0 saturated carbocycles. The molecule has 0 spiro atoms. The maximum absolute atomic E-state index is 13.2. The minimum absolute atomic E-state index is 0.0198. The van der Waals surface area contributed by atoms with Crippen LogP contribution in [0.4, 0.5) is 4.79 Å². The lowest BCUT2D eigenvalue weighted by Gasteiger charge is -2.41. The Hall–Kier alpha value is -3.64. The van der Waals surface area contributed by atoms with Crippen molar-refractivity contribution in [2.75, 3.05) is 13.7 Å². The number of phenols is 2. The lowest BCUT2D eigenvalue weighted by molar-refractivity contribution is -0.234. The molecule has 0 unspecified atom stereocenters. The number of methoxy groups -OCH3 is 1. The second-order valence-corrected chi connectivity index (χ2v) is 7.70. The molecule has 2 aromatic carbocycles. The van der Waals surface area contributed by atoms with Crippen molar-refractivity contribution in [2.24, 2.45) is 0 Å². The van der Waals surface area contributed by atoms with Crippen LogP contribution in [0, 0.1) is 0 Å². The van der Waals surface area contributed by atoms with E-state index in [1.165, 1.54) is 36.4 Å². The van der Waals surface area contributed by atoms with Crippen LogP contribution >= 0.6 is 0 Å². The highest BCUT2D eigenvalue weighted by molar-refractivity contribution is 5.86. The summed E-state index contributed by atoms with van der Waals surface area (Å²) in [5.74, 6) is -0.386. The predicted octanol–water partition coefficient (Wildman–Crippen LogP) is 1.18. The number of phenolic OH excluding ortho intramolecular Hbond substituents is 2. The van der Waals surface area contributed by atoms with Gasteiger partial charge in [-0.05, 0) is 29.8 Å². The van der Waals surface area contributed by atoms with Crippen LogP contribution < -0.4 is 5.43 Å². The summed E-state index contributed by atoms with van der Waals surface area (Å²) in [6.45, 7) is -0.694. The third-order valence-electron chi connectivity index (χ3n) is 5.69. The first kappa shape index (κ1) is 23.5. The van der Waals surface area contributed by atoms with Gasteiger partial charge < -0.3 is 44.2 Å². The van der Waals surface area contributed by atoms with Crippen LogP contribution in [0.15, 0.2) is 51.9 Å². The first-order valence-electron chi connectivity index (χ1n) is 10.2. The van der Waals surface area contributed by atoms with E-state index in [2.05, 4.69) is 4.74 Å². The second-order valence-electron chi connectivity index (χ2n) is 7.70. The molecule has 5 atom stereocenters. The van der Waals surface area contributed by atoms with E-state index in [0.29, 0.717) is 5.56 Å². The Morgan fingerprint density at radius 1 is 1.06 bits per heavy atom. The van der Waals surface area contributed by atoms with E-state index in [4.69, 9.17) is 13.9 Å². The molecule has 0 amide bonds. The van der Waals surface area contributed by atoms with Crippen molar-refractivity contribution < 1.29 is 49.0 Å². The summed E-state index contributed by atoms with van der Waals surface area (Å²) >= 11 is 0. The number of benzene rings is 2. The summed E-state index contributed by atoms with van der Waals surface area (Å²) < 4.78 is 20.9. The molecule has 1 fully saturated rings. The van der Waals surface area contributed by atoms with Crippen molar-refractivity contribution in [2.45, 2.75) is 30.5 Å². The molecule has 11 heteroatoms. The molecule has 0 aliphatic carbocycles. The number of carbonyl (C=O) groups excluding carboxylic acids is 1. The second kappa shape index (κ2) is 9.31. The van der Waals surface area contributed by atoms with Gasteiger partial charge in [-0.25, -0.2) is 4.79 Å². The van der Waals surface area contributed by atoms with Crippen LogP contribution in [0.3, 0.4) is 0 Å². The number of aliphatic hydroxyl groups excluding tert-OH is 3. The van der Waals surface area contributed by atoms with Crippen molar-refractivity contribution in [3.8, 4) is 22.6 Å². The van der Waals surface area contributed by atoms with Crippen LogP contribution in [0.1, 0.15) is 11.7 Å². The zero-order valence-electron chi connectivity index (χ0n) is 17.8. The normalized spacial score (nSPS) is 24.6. The molecule has 0 bridgehead atoms. The summed E-state index contributed by atoms with van der Waals surface area (Å²) in [7, 11) is 1.04. The number of carbonyl (C=O) groups is 1. The van der Waals surface area contributed by atoms with Gasteiger partial charge in [0.15, 0.2) is 6.10 Å². The van der Waals surface area contributed by atoms with Gasteiger partial charge in [0, 0.05) is 0 Å². The molecule has 2 heterocycles. The quantitative estimate of drug-likeness (QED) is 0.343. The average molecular weight is 474 g/mol. The van der Waals surface area contributed by atoms with Crippen LogP contribution in [0.5, 0.6) is 11.5 Å². The molecule has 11 nitrogen and oxygen atoms in total. The summed E-state index contributed by atoms with van der Waals surface area (Å²) in [6.07, 6.45) is -7.70. The number of ether oxygens (including phenoxy) is 3. The summed E-state index contributed by atoms with van der Waals surface area (Å²) in [4.78, 5) is 25.0. The number of rotatable bonds is 4. The molecule has 180 valence electrons. The zero-order valence-corrected chi connectivity index (χ0v) is 17.8. The van der Waals surface area contributed by atoms with E-state index < -0.39 is 54.5 Å². The summed E-state index contributed by atoms with van der Waals surface area (Å²) in [6, 6.07) is 8.42. The number of fused-ring (bicyclic) bond motifs is 1. The molecular formula is C23H22O11. The molecule has 4 rings (SSSR count). The summed E-state index contributed by atoms with van der Waals surface area (Å²) in [5.41, 5.74) is -0.0577. The molecule has 1 saturated heterocycles. The van der Waals surface area contributed by atoms with Gasteiger partial charge in [-0.2, -0.15) is 0 Å². The van der Waals surface area contributed by atoms with Crippen LogP contribution in [-0.4, -0.2) is 69.8 Å². The number of aromatic hydroxyl groups is 2. The Morgan fingerprint density at radius 3 is 2.41 bits per heavy atom. The first-order valence-corrected chi connectivity index (χ1v) is 10.2. The SMILES string of the molecule is COC(=O)O[C@@H]1[C@@H](O)[C@H](O)[C@@H](CO)O[C@H]1c1c(O)ccc2c(=O)c(-c3ccc(O)cc3)coc12. The minimum Gasteiger partial charge on any atom is -0.508 e. The summed E-state index contributed by atoms with van der Waals surface area (Å²) in [5, 5.41) is 50.6. The first-order chi connectivity index (χ1) is 16.3. The zero-order chi connectivity index (χ0) is 24.6. The Labute approximate surface area is 192 Å². The van der Waals surface area contributed by atoms with E-state index in [1.807, 2.05) is 0 Å². The highest BCUT2D eigenvalue weighted by Crippen LogP contribution is 2.41. The molecule has 1 aromatic heterocycles.